The highest BCUT2D eigenvalue weighted by Gasteiger charge is 2.05. The number of aromatic nitrogens is 1. The first kappa shape index (κ1) is 12.3. The molecule has 1 atom stereocenters. The van der Waals surface area contributed by atoms with Crippen LogP contribution in [0.1, 0.15) is 18.5 Å². The van der Waals surface area contributed by atoms with Crippen molar-refractivity contribution in [2.75, 3.05) is 0 Å². The smallest absolute Gasteiger partial charge is 0.219 e. The minimum atomic E-state index is -0.0183. The summed E-state index contributed by atoms with van der Waals surface area (Å²) in [5.41, 5.74) is 6.84. The molecule has 0 radical (unpaired) electrons. The van der Waals surface area contributed by atoms with Crippen molar-refractivity contribution in [1.82, 2.24) is 4.98 Å². The normalized spacial score (nSPS) is 12.2. The van der Waals surface area contributed by atoms with Gasteiger partial charge >= 0.3 is 0 Å². The Morgan fingerprint density at radius 2 is 2.06 bits per heavy atom. The Balaban J connectivity index is 2.25. The summed E-state index contributed by atoms with van der Waals surface area (Å²) in [6, 6.07) is 11.6. The predicted molar refractivity (Wildman–Crippen MR) is 76.1 cm³/mol. The van der Waals surface area contributed by atoms with E-state index in [-0.39, 0.29) is 6.04 Å². The number of halogens is 1. The van der Waals surface area contributed by atoms with E-state index in [2.05, 4.69) is 27.6 Å². The van der Waals surface area contributed by atoms with Crippen molar-refractivity contribution in [2.24, 2.45) is 5.73 Å². The van der Waals surface area contributed by atoms with E-state index in [4.69, 9.17) is 10.5 Å². The molecule has 2 aromatic rings. The van der Waals surface area contributed by atoms with Crippen molar-refractivity contribution in [2.45, 2.75) is 13.0 Å². The summed E-state index contributed by atoms with van der Waals surface area (Å²) >= 11 is 2.23. The molecule has 0 amide bonds. The zero-order chi connectivity index (χ0) is 12.3. The summed E-state index contributed by atoms with van der Waals surface area (Å²) in [4.78, 5) is 4.18. The van der Waals surface area contributed by atoms with Gasteiger partial charge in [0.25, 0.3) is 0 Å². The van der Waals surface area contributed by atoms with Crippen LogP contribution in [0, 0.1) is 3.57 Å². The lowest BCUT2D eigenvalue weighted by atomic mass is 10.1. The van der Waals surface area contributed by atoms with Gasteiger partial charge in [-0.25, -0.2) is 4.98 Å². The van der Waals surface area contributed by atoms with Gasteiger partial charge in [0, 0.05) is 18.3 Å². The summed E-state index contributed by atoms with van der Waals surface area (Å²) in [6.07, 6.45) is 1.71. The average Bonchev–Trinajstić information content (AvgIpc) is 2.32. The molecular weight excluding hydrogens is 327 g/mol. The first-order chi connectivity index (χ1) is 8.16. The summed E-state index contributed by atoms with van der Waals surface area (Å²) in [6.45, 7) is 1.94. The van der Waals surface area contributed by atoms with Gasteiger partial charge in [0.2, 0.25) is 5.88 Å². The van der Waals surface area contributed by atoms with E-state index in [1.165, 1.54) is 0 Å². The van der Waals surface area contributed by atoms with Gasteiger partial charge < -0.3 is 10.5 Å². The number of hydrogen-bond acceptors (Lipinski definition) is 3. The maximum atomic E-state index is 5.82. The molecular formula is C13H13IN2O. The molecule has 0 aliphatic rings. The monoisotopic (exact) mass is 340 g/mol. The van der Waals surface area contributed by atoms with E-state index in [1.807, 2.05) is 43.3 Å². The van der Waals surface area contributed by atoms with Gasteiger partial charge in [0.15, 0.2) is 0 Å². The SMILES string of the molecule is C[C@H](N)c1ccnc(Oc2ccccc2I)c1. The highest BCUT2D eigenvalue weighted by Crippen LogP contribution is 2.26. The fourth-order valence-electron chi connectivity index (χ4n) is 1.40. The van der Waals surface area contributed by atoms with Crippen LogP contribution in [0.15, 0.2) is 42.6 Å². The van der Waals surface area contributed by atoms with Crippen LogP contribution in [0.2, 0.25) is 0 Å². The van der Waals surface area contributed by atoms with Crippen LogP contribution in [0.4, 0.5) is 0 Å². The Kier molecular flexibility index (Phi) is 3.96. The first-order valence-corrected chi connectivity index (χ1v) is 6.38. The number of nitrogens with zero attached hydrogens (tertiary/aromatic N) is 1. The van der Waals surface area contributed by atoms with Gasteiger partial charge in [-0.1, -0.05) is 12.1 Å². The molecule has 88 valence electrons. The fourth-order valence-corrected chi connectivity index (χ4v) is 1.90. The Labute approximate surface area is 114 Å². The molecule has 3 nitrogen and oxygen atoms in total. The van der Waals surface area contributed by atoms with Crippen LogP contribution in [0.25, 0.3) is 0 Å². The van der Waals surface area contributed by atoms with Gasteiger partial charge in [-0.2, -0.15) is 0 Å². The Hall–Kier alpha value is -1.14. The molecule has 0 aliphatic heterocycles. The van der Waals surface area contributed by atoms with E-state index in [0.717, 1.165) is 14.9 Å². The number of hydrogen-bond donors (Lipinski definition) is 1. The van der Waals surface area contributed by atoms with Crippen LogP contribution >= 0.6 is 22.6 Å². The minimum absolute atomic E-state index is 0.0183. The number of para-hydroxylation sites is 1. The van der Waals surface area contributed by atoms with E-state index in [0.29, 0.717) is 5.88 Å². The van der Waals surface area contributed by atoms with Crippen molar-refractivity contribution in [1.29, 1.82) is 0 Å². The number of pyridine rings is 1. The van der Waals surface area contributed by atoms with Crippen molar-refractivity contribution in [3.63, 3.8) is 0 Å². The van der Waals surface area contributed by atoms with Crippen molar-refractivity contribution in [3.8, 4) is 11.6 Å². The molecule has 17 heavy (non-hydrogen) atoms. The molecule has 0 saturated heterocycles. The maximum Gasteiger partial charge on any atom is 0.219 e. The van der Waals surface area contributed by atoms with E-state index in [1.54, 1.807) is 6.20 Å². The molecule has 0 fully saturated rings. The van der Waals surface area contributed by atoms with E-state index < -0.39 is 0 Å². The molecule has 2 rings (SSSR count). The first-order valence-electron chi connectivity index (χ1n) is 5.31. The summed E-state index contributed by atoms with van der Waals surface area (Å²) in [7, 11) is 0. The number of rotatable bonds is 3. The third-order valence-electron chi connectivity index (χ3n) is 2.34. The lowest BCUT2D eigenvalue weighted by Gasteiger charge is -2.09. The van der Waals surface area contributed by atoms with Crippen LogP contribution in [-0.2, 0) is 0 Å². The molecule has 1 heterocycles. The lowest BCUT2D eigenvalue weighted by molar-refractivity contribution is 0.458. The summed E-state index contributed by atoms with van der Waals surface area (Å²) < 4.78 is 6.78. The Morgan fingerprint density at radius 1 is 1.29 bits per heavy atom. The Bertz CT molecular complexity index is 514. The van der Waals surface area contributed by atoms with Crippen LogP contribution in [-0.4, -0.2) is 4.98 Å². The quantitative estimate of drug-likeness (QED) is 0.870. The second-order valence-corrected chi connectivity index (χ2v) is 4.91. The van der Waals surface area contributed by atoms with Gasteiger partial charge in [-0.05, 0) is 53.3 Å². The average molecular weight is 340 g/mol. The van der Waals surface area contributed by atoms with Crippen LogP contribution in [0.5, 0.6) is 11.6 Å². The van der Waals surface area contributed by atoms with Gasteiger partial charge in [0.1, 0.15) is 5.75 Å². The van der Waals surface area contributed by atoms with Gasteiger partial charge in [0.05, 0.1) is 3.57 Å². The Morgan fingerprint density at radius 3 is 2.76 bits per heavy atom. The third kappa shape index (κ3) is 3.17. The fraction of sp³-hybridized carbons (Fsp3) is 0.154. The lowest BCUT2D eigenvalue weighted by Crippen LogP contribution is -2.05. The number of nitrogens with two attached hydrogens (primary N) is 1. The van der Waals surface area contributed by atoms with Crippen molar-refractivity contribution in [3.05, 3.63) is 51.7 Å². The standard InChI is InChI=1S/C13H13IN2O/c1-9(15)10-6-7-16-13(8-10)17-12-5-3-2-4-11(12)14/h2-9H,15H2,1H3/t9-/m0/s1. The predicted octanol–water partition coefficient (Wildman–Crippen LogP) is 3.50. The molecule has 1 aromatic carbocycles. The maximum absolute atomic E-state index is 5.82. The summed E-state index contributed by atoms with van der Waals surface area (Å²) in [5, 5.41) is 0. The largest absolute Gasteiger partial charge is 0.438 e. The zero-order valence-corrected chi connectivity index (χ0v) is 11.6. The molecule has 1 aromatic heterocycles. The van der Waals surface area contributed by atoms with E-state index >= 15 is 0 Å². The number of benzene rings is 1. The molecule has 0 saturated carbocycles. The van der Waals surface area contributed by atoms with Crippen molar-refractivity contribution >= 4 is 22.6 Å². The minimum Gasteiger partial charge on any atom is -0.438 e. The van der Waals surface area contributed by atoms with Gasteiger partial charge in [-0.15, -0.1) is 0 Å². The molecule has 0 unspecified atom stereocenters. The van der Waals surface area contributed by atoms with Crippen LogP contribution < -0.4 is 10.5 Å². The topological polar surface area (TPSA) is 48.1 Å². The summed E-state index contributed by atoms with van der Waals surface area (Å²) in [5.74, 6) is 1.38. The molecule has 4 heteroatoms. The zero-order valence-electron chi connectivity index (χ0n) is 9.43. The van der Waals surface area contributed by atoms with Crippen LogP contribution in [0.3, 0.4) is 0 Å². The number of ether oxygens (including phenoxy) is 1. The van der Waals surface area contributed by atoms with E-state index in [9.17, 15) is 0 Å². The third-order valence-corrected chi connectivity index (χ3v) is 3.23. The second kappa shape index (κ2) is 5.46. The highest BCUT2D eigenvalue weighted by atomic mass is 127. The highest BCUT2D eigenvalue weighted by molar-refractivity contribution is 14.1. The van der Waals surface area contributed by atoms with Crippen molar-refractivity contribution < 1.29 is 4.74 Å². The van der Waals surface area contributed by atoms with Gasteiger partial charge in [-0.3, -0.25) is 0 Å². The molecule has 2 N–H and O–H groups in total. The molecule has 0 spiro atoms. The molecule has 0 bridgehead atoms. The second-order valence-electron chi connectivity index (χ2n) is 3.75. The molecule has 0 aliphatic carbocycles.